The van der Waals surface area contributed by atoms with Gasteiger partial charge in [0.25, 0.3) is 5.78 Å². The summed E-state index contributed by atoms with van der Waals surface area (Å²) >= 11 is 15.1. The summed E-state index contributed by atoms with van der Waals surface area (Å²) in [7, 11) is 0. The van der Waals surface area contributed by atoms with Gasteiger partial charge >= 0.3 is 5.91 Å². The Bertz CT molecular complexity index is 1520. The lowest BCUT2D eigenvalue weighted by Crippen LogP contribution is -2.29. The Morgan fingerprint density at radius 1 is 1.00 bits per heavy atom. The van der Waals surface area contributed by atoms with E-state index < -0.39 is 17.7 Å². The van der Waals surface area contributed by atoms with Crippen LogP contribution in [-0.2, 0) is 15.3 Å². The molecule has 0 saturated carbocycles. The quantitative estimate of drug-likeness (QED) is 0.0881. The first-order chi connectivity index (χ1) is 17.8. The molecule has 0 aliphatic carbocycles. The van der Waals surface area contributed by atoms with Crippen molar-refractivity contribution < 1.29 is 14.7 Å². The summed E-state index contributed by atoms with van der Waals surface area (Å²) in [6.07, 6.45) is 0. The predicted octanol–water partition coefficient (Wildman–Crippen LogP) is 7.07. The van der Waals surface area contributed by atoms with Crippen molar-refractivity contribution in [2.45, 2.75) is 23.1 Å². The van der Waals surface area contributed by atoms with Gasteiger partial charge in [0.15, 0.2) is 4.34 Å². The third-order valence-electron chi connectivity index (χ3n) is 5.84. The zero-order valence-corrected chi connectivity index (χ0v) is 22.5. The fraction of sp³-hybridized carbons (Fsp3) is 0.111. The number of rotatable bonds is 6. The van der Waals surface area contributed by atoms with Gasteiger partial charge in [-0.2, -0.15) is 0 Å². The van der Waals surface area contributed by atoms with E-state index in [2.05, 4.69) is 22.3 Å². The lowest BCUT2D eigenvalue weighted by molar-refractivity contribution is -0.132. The Labute approximate surface area is 231 Å². The van der Waals surface area contributed by atoms with Crippen LogP contribution < -0.4 is 4.90 Å². The third kappa shape index (κ3) is 5.15. The number of carbonyl (C=O) groups excluding carboxylic acids is 2. The second-order valence-corrected chi connectivity index (χ2v) is 11.3. The molecule has 3 aromatic carbocycles. The molecule has 1 saturated heterocycles. The number of Topliss-reactive ketones (excluding diaryl/α,β-unsaturated/α-hetero) is 1. The van der Waals surface area contributed by atoms with Crippen LogP contribution in [0, 0.1) is 6.92 Å². The molecule has 1 fully saturated rings. The van der Waals surface area contributed by atoms with Gasteiger partial charge in [0.1, 0.15) is 5.76 Å². The number of carbonyl (C=O) groups is 2. The van der Waals surface area contributed by atoms with E-state index in [9.17, 15) is 14.7 Å². The molecule has 1 aliphatic heterocycles. The fourth-order valence-corrected chi connectivity index (χ4v) is 6.10. The van der Waals surface area contributed by atoms with Crippen LogP contribution >= 0.6 is 46.3 Å². The highest BCUT2D eigenvalue weighted by atomic mass is 35.5. The monoisotopic (exact) mass is 567 g/mol. The molecule has 0 spiro atoms. The smallest absolute Gasteiger partial charge is 0.301 e. The van der Waals surface area contributed by atoms with Crippen molar-refractivity contribution in [1.29, 1.82) is 0 Å². The van der Waals surface area contributed by atoms with Crippen molar-refractivity contribution >= 4 is 68.9 Å². The third-order valence-corrected chi connectivity index (χ3v) is 8.70. The van der Waals surface area contributed by atoms with E-state index in [1.165, 1.54) is 33.6 Å². The van der Waals surface area contributed by atoms with Gasteiger partial charge in [0.05, 0.1) is 21.7 Å². The summed E-state index contributed by atoms with van der Waals surface area (Å²) in [5.74, 6) is -1.23. The molecule has 1 unspecified atom stereocenters. The van der Waals surface area contributed by atoms with Gasteiger partial charge < -0.3 is 5.11 Å². The summed E-state index contributed by atoms with van der Waals surface area (Å²) < 4.78 is 0.647. The first kappa shape index (κ1) is 25.5. The molecule has 0 radical (unpaired) electrons. The molecule has 10 heteroatoms. The number of aliphatic hydroxyl groups excluding tert-OH is 1. The number of hydrogen-bond donors (Lipinski definition) is 1. The molecule has 2 heterocycles. The highest BCUT2D eigenvalue weighted by molar-refractivity contribution is 8.00. The van der Waals surface area contributed by atoms with Gasteiger partial charge in [-0.3, -0.25) is 14.5 Å². The molecule has 1 atom stereocenters. The number of hydrogen-bond acceptors (Lipinski definition) is 7. The van der Waals surface area contributed by atoms with Crippen LogP contribution in [0.4, 0.5) is 5.13 Å². The minimum absolute atomic E-state index is 0.0568. The number of thioether (sulfide) groups is 1. The number of anilines is 1. The Hall–Kier alpha value is -3.17. The predicted molar refractivity (Wildman–Crippen MR) is 148 cm³/mol. The van der Waals surface area contributed by atoms with Gasteiger partial charge in [-0.1, -0.05) is 113 Å². The normalized spacial score (nSPS) is 16.9. The number of amides is 1. The summed E-state index contributed by atoms with van der Waals surface area (Å²) in [6.45, 7) is 2.03. The molecule has 1 amide bonds. The van der Waals surface area contributed by atoms with Gasteiger partial charge in [0.2, 0.25) is 5.13 Å². The summed E-state index contributed by atoms with van der Waals surface area (Å²) in [5, 5.41) is 20.5. The molecule has 186 valence electrons. The summed E-state index contributed by atoms with van der Waals surface area (Å²) in [5.41, 5.74) is 3.18. The first-order valence-electron chi connectivity index (χ1n) is 11.2. The van der Waals surface area contributed by atoms with Crippen molar-refractivity contribution in [3.05, 3.63) is 111 Å². The van der Waals surface area contributed by atoms with Gasteiger partial charge in [-0.15, -0.1) is 10.2 Å². The number of aliphatic hydroxyl groups is 1. The summed E-state index contributed by atoms with van der Waals surface area (Å²) in [6, 6.07) is 20.7. The number of benzene rings is 3. The van der Waals surface area contributed by atoms with Crippen molar-refractivity contribution in [1.82, 2.24) is 10.2 Å². The second kappa shape index (κ2) is 10.7. The van der Waals surface area contributed by atoms with E-state index in [4.69, 9.17) is 23.2 Å². The van der Waals surface area contributed by atoms with Gasteiger partial charge in [0, 0.05) is 11.3 Å². The molecule has 1 aliphatic rings. The van der Waals surface area contributed by atoms with Crippen molar-refractivity contribution in [2.75, 3.05) is 4.90 Å². The zero-order chi connectivity index (χ0) is 26.1. The first-order valence-corrected chi connectivity index (χ1v) is 13.7. The lowest BCUT2D eigenvalue weighted by atomic mass is 9.95. The highest BCUT2D eigenvalue weighted by Gasteiger charge is 2.48. The molecular formula is C27H19Cl2N3O3S2. The number of aromatic nitrogens is 2. The van der Waals surface area contributed by atoms with Crippen LogP contribution in [0.25, 0.3) is 5.76 Å². The fourth-order valence-electron chi connectivity index (χ4n) is 3.97. The van der Waals surface area contributed by atoms with Crippen LogP contribution in [0.3, 0.4) is 0 Å². The average molecular weight is 569 g/mol. The number of halogens is 2. The Kier molecular flexibility index (Phi) is 7.35. The average Bonchev–Trinajstić information content (AvgIpc) is 3.47. The number of aryl methyl sites for hydroxylation is 1. The highest BCUT2D eigenvalue weighted by Crippen LogP contribution is 2.45. The van der Waals surface area contributed by atoms with E-state index in [1.54, 1.807) is 48.5 Å². The topological polar surface area (TPSA) is 83.4 Å². The molecule has 6 nitrogen and oxygen atoms in total. The van der Waals surface area contributed by atoms with E-state index >= 15 is 0 Å². The molecule has 1 N–H and O–H groups in total. The second-order valence-electron chi connectivity index (χ2n) is 8.33. The van der Waals surface area contributed by atoms with Crippen LogP contribution in [0.2, 0.25) is 10.0 Å². The van der Waals surface area contributed by atoms with Crippen LogP contribution in [0.1, 0.15) is 28.3 Å². The van der Waals surface area contributed by atoms with Crippen LogP contribution in [0.15, 0.2) is 82.7 Å². The van der Waals surface area contributed by atoms with Crippen molar-refractivity contribution in [3.8, 4) is 0 Å². The van der Waals surface area contributed by atoms with Gasteiger partial charge in [-0.25, -0.2) is 0 Å². The minimum Gasteiger partial charge on any atom is -0.507 e. The molecule has 37 heavy (non-hydrogen) atoms. The van der Waals surface area contributed by atoms with Crippen LogP contribution in [0.5, 0.6) is 0 Å². The zero-order valence-electron chi connectivity index (χ0n) is 19.4. The molecule has 4 aromatic rings. The molecule has 0 bridgehead atoms. The lowest BCUT2D eigenvalue weighted by Gasteiger charge is -2.22. The van der Waals surface area contributed by atoms with Crippen LogP contribution in [-0.4, -0.2) is 27.0 Å². The van der Waals surface area contributed by atoms with Crippen molar-refractivity contribution in [2.24, 2.45) is 0 Å². The van der Waals surface area contributed by atoms with E-state index in [1.807, 2.05) is 19.1 Å². The van der Waals surface area contributed by atoms with E-state index in [-0.39, 0.29) is 21.5 Å². The number of nitrogens with zero attached hydrogens (tertiary/aromatic N) is 3. The maximum atomic E-state index is 13.3. The number of ketones is 1. The maximum Gasteiger partial charge on any atom is 0.301 e. The molecular weight excluding hydrogens is 549 g/mol. The molecule has 1 aromatic heterocycles. The maximum absolute atomic E-state index is 13.3. The standard InChI is InChI=1S/C27H19Cl2N3O3S2/c1-15-7-9-16(10-8-15)14-36-27-31-30-26(37-27)32-22(18-11-12-19(28)20(29)13-18)21(24(34)25(32)35)23(33)17-5-3-2-4-6-17/h2-13,22,33H,14H2,1H3/b23-21-. The minimum atomic E-state index is -0.960. The summed E-state index contributed by atoms with van der Waals surface area (Å²) in [4.78, 5) is 27.8. The largest absolute Gasteiger partial charge is 0.507 e. The van der Waals surface area contributed by atoms with Gasteiger partial charge in [-0.05, 0) is 30.2 Å². The van der Waals surface area contributed by atoms with E-state index in [0.717, 1.165) is 5.56 Å². The SMILES string of the molecule is Cc1ccc(CSc2nnc(N3C(=O)C(=O)/C(=C(\O)c4ccccc4)C3c3ccc(Cl)c(Cl)c3)s2)cc1. The Balaban J connectivity index is 1.54. The molecule has 5 rings (SSSR count). The Morgan fingerprint density at radius 3 is 2.43 bits per heavy atom. The Morgan fingerprint density at radius 2 is 1.73 bits per heavy atom. The van der Waals surface area contributed by atoms with E-state index in [0.29, 0.717) is 26.2 Å². The van der Waals surface area contributed by atoms with Crippen molar-refractivity contribution in [3.63, 3.8) is 0 Å².